The predicted molar refractivity (Wildman–Crippen MR) is 136 cm³/mol. The number of aromatic amines is 1. The molecule has 8 bridgehead atoms. The maximum absolute atomic E-state index is 4.91. The first kappa shape index (κ1) is 19.4. The van der Waals surface area contributed by atoms with Gasteiger partial charge in [-0.05, 0) is 91.7 Å². The first-order chi connectivity index (χ1) is 16.1. The summed E-state index contributed by atoms with van der Waals surface area (Å²) in [5, 5.41) is 0. The topological polar surface area (TPSA) is 59.4 Å². The van der Waals surface area contributed by atoms with E-state index in [0.717, 1.165) is 61.7 Å². The summed E-state index contributed by atoms with van der Waals surface area (Å²) in [4.78, 5) is 17.9. The summed E-state index contributed by atoms with van der Waals surface area (Å²) >= 11 is 0. The van der Waals surface area contributed by atoms with Gasteiger partial charge in [-0.2, -0.15) is 0 Å². The van der Waals surface area contributed by atoms with Gasteiger partial charge in [0.1, 0.15) is 0 Å². The number of fused-ring (bicyclic) bond motifs is 8. The van der Waals surface area contributed by atoms with Crippen molar-refractivity contribution in [3.63, 3.8) is 0 Å². The molecule has 5 nitrogen and oxygen atoms in total. The monoisotopic (exact) mass is 429 g/mol. The number of hydrogen-bond donors (Lipinski definition) is 1. The maximum atomic E-state index is 4.91. The van der Waals surface area contributed by atoms with Gasteiger partial charge in [-0.3, -0.25) is 4.98 Å². The second kappa shape index (κ2) is 7.41. The minimum absolute atomic E-state index is 0.919. The molecule has 33 heavy (non-hydrogen) atoms. The third kappa shape index (κ3) is 3.29. The minimum atomic E-state index is 0.919. The fourth-order valence-electron chi connectivity index (χ4n) is 4.79. The lowest BCUT2D eigenvalue weighted by atomic mass is 10.1. The molecule has 5 heteroatoms. The normalized spacial score (nSPS) is 12.5. The zero-order chi connectivity index (χ0) is 22.5. The standard InChI is InChI=1S/C28H23N5/c1-17-24-12-11-22(32-24)15-21-8-7-19(30-21)14-20-9-10-23(31-20)16-26-27(18(2)28(17)33(26)3)25-6-4-5-13-29-25/h4-16,30H,1-3H3. The van der Waals surface area contributed by atoms with Crippen LogP contribution in [0.25, 0.3) is 57.6 Å². The number of aryl methyl sites for hydroxylation is 3. The molecule has 0 saturated carbocycles. The molecule has 0 unspecified atom stereocenters. The zero-order valence-electron chi connectivity index (χ0n) is 18.8. The molecule has 4 aromatic heterocycles. The molecule has 0 spiro atoms. The zero-order valence-corrected chi connectivity index (χ0v) is 18.8. The molecule has 6 heterocycles. The Labute approximate surface area is 191 Å². The van der Waals surface area contributed by atoms with Gasteiger partial charge in [-0.15, -0.1) is 0 Å². The van der Waals surface area contributed by atoms with Gasteiger partial charge in [0.25, 0.3) is 0 Å². The molecule has 0 fully saturated rings. The summed E-state index contributed by atoms with van der Waals surface area (Å²) in [5.41, 5.74) is 12.4. The maximum Gasteiger partial charge on any atom is 0.0726 e. The van der Waals surface area contributed by atoms with Crippen LogP contribution in [0.2, 0.25) is 0 Å². The number of nitrogens with zero attached hydrogens (tertiary/aromatic N) is 4. The number of hydrogen-bond acceptors (Lipinski definition) is 3. The van der Waals surface area contributed by atoms with E-state index in [1.165, 1.54) is 5.56 Å². The lowest BCUT2D eigenvalue weighted by Gasteiger charge is -2.02. The van der Waals surface area contributed by atoms with Crippen LogP contribution in [-0.4, -0.2) is 24.5 Å². The highest BCUT2D eigenvalue weighted by molar-refractivity contribution is 5.92. The van der Waals surface area contributed by atoms with Crippen LogP contribution in [0, 0.1) is 13.8 Å². The van der Waals surface area contributed by atoms with Crippen molar-refractivity contribution in [2.45, 2.75) is 13.8 Å². The summed E-state index contributed by atoms with van der Waals surface area (Å²) < 4.78 is 2.24. The molecule has 0 aromatic carbocycles. The first-order valence-electron chi connectivity index (χ1n) is 11.0. The Morgan fingerprint density at radius 1 is 0.758 bits per heavy atom. The van der Waals surface area contributed by atoms with Crippen LogP contribution in [0.3, 0.4) is 0 Å². The van der Waals surface area contributed by atoms with Crippen molar-refractivity contribution in [3.8, 4) is 11.3 Å². The smallest absolute Gasteiger partial charge is 0.0726 e. The van der Waals surface area contributed by atoms with Crippen molar-refractivity contribution < 1.29 is 0 Å². The highest BCUT2D eigenvalue weighted by atomic mass is 15.0. The fourth-order valence-corrected chi connectivity index (χ4v) is 4.79. The van der Waals surface area contributed by atoms with Gasteiger partial charge in [0.05, 0.1) is 34.0 Å². The van der Waals surface area contributed by atoms with Crippen LogP contribution < -0.4 is 0 Å². The molecule has 2 aliphatic heterocycles. The number of aromatic nitrogens is 5. The summed E-state index contributed by atoms with van der Waals surface area (Å²) in [6.07, 6.45) is 10.1. The van der Waals surface area contributed by atoms with Crippen LogP contribution >= 0.6 is 0 Å². The molecule has 0 amide bonds. The van der Waals surface area contributed by atoms with Gasteiger partial charge in [0, 0.05) is 35.4 Å². The molecule has 6 rings (SSSR count). The van der Waals surface area contributed by atoms with E-state index < -0.39 is 0 Å². The molecule has 2 aliphatic rings. The number of pyridine rings is 1. The van der Waals surface area contributed by atoms with Crippen LogP contribution in [0.4, 0.5) is 0 Å². The van der Waals surface area contributed by atoms with E-state index in [4.69, 9.17) is 9.97 Å². The van der Waals surface area contributed by atoms with Crippen molar-refractivity contribution in [1.82, 2.24) is 24.5 Å². The van der Waals surface area contributed by atoms with E-state index in [2.05, 4.69) is 90.1 Å². The Balaban J connectivity index is 1.80. The molecule has 0 atom stereocenters. The second-order valence-corrected chi connectivity index (χ2v) is 8.48. The molecule has 160 valence electrons. The Morgan fingerprint density at radius 2 is 1.45 bits per heavy atom. The molecule has 1 N–H and O–H groups in total. The fraction of sp³-hybridized carbons (Fsp3) is 0.107. The molecule has 0 saturated heterocycles. The minimum Gasteiger partial charge on any atom is -0.355 e. The van der Waals surface area contributed by atoms with Gasteiger partial charge in [-0.25, -0.2) is 9.97 Å². The van der Waals surface area contributed by atoms with Crippen LogP contribution in [0.1, 0.15) is 33.9 Å². The third-order valence-electron chi connectivity index (χ3n) is 6.31. The SMILES string of the molecule is Cc1c2nc(cc3ccc(cc4nc(cc5c(-c6ccccn6)c(C)c1n5C)C=C4)[nH]3)C=C2. The van der Waals surface area contributed by atoms with E-state index in [1.807, 2.05) is 24.4 Å². The van der Waals surface area contributed by atoms with Crippen LogP contribution in [0.15, 0.2) is 54.7 Å². The third-order valence-corrected chi connectivity index (χ3v) is 6.31. The quantitative estimate of drug-likeness (QED) is 0.331. The molecular weight excluding hydrogens is 406 g/mol. The molecule has 0 radical (unpaired) electrons. The van der Waals surface area contributed by atoms with Crippen LogP contribution in [0.5, 0.6) is 0 Å². The van der Waals surface area contributed by atoms with E-state index in [0.29, 0.717) is 0 Å². The van der Waals surface area contributed by atoms with E-state index in [-0.39, 0.29) is 0 Å². The molecule has 0 aliphatic carbocycles. The van der Waals surface area contributed by atoms with Gasteiger partial charge >= 0.3 is 0 Å². The predicted octanol–water partition coefficient (Wildman–Crippen LogP) is 6.34. The van der Waals surface area contributed by atoms with Crippen molar-refractivity contribution in [3.05, 3.63) is 88.6 Å². The molecular formula is C28H23N5. The Bertz CT molecular complexity index is 1630. The summed E-state index contributed by atoms with van der Waals surface area (Å²) in [7, 11) is 2.11. The summed E-state index contributed by atoms with van der Waals surface area (Å²) in [6.45, 7) is 4.31. The summed E-state index contributed by atoms with van der Waals surface area (Å²) in [6, 6.07) is 16.5. The lowest BCUT2D eigenvalue weighted by Crippen LogP contribution is -1.91. The number of H-pyrrole nitrogens is 1. The Hall–Kier alpha value is -4.25. The number of nitrogens with one attached hydrogen (secondary N) is 1. The highest BCUT2D eigenvalue weighted by Gasteiger charge is 2.17. The van der Waals surface area contributed by atoms with Gasteiger partial charge in [-0.1, -0.05) is 6.07 Å². The van der Waals surface area contributed by atoms with Crippen molar-refractivity contribution in [2.75, 3.05) is 0 Å². The van der Waals surface area contributed by atoms with E-state index >= 15 is 0 Å². The van der Waals surface area contributed by atoms with Crippen molar-refractivity contribution in [1.29, 1.82) is 0 Å². The van der Waals surface area contributed by atoms with E-state index in [1.54, 1.807) is 0 Å². The van der Waals surface area contributed by atoms with Crippen molar-refractivity contribution >= 4 is 46.4 Å². The van der Waals surface area contributed by atoms with Crippen molar-refractivity contribution in [2.24, 2.45) is 7.05 Å². The lowest BCUT2D eigenvalue weighted by molar-refractivity contribution is 0.999. The Morgan fingerprint density at radius 3 is 2.18 bits per heavy atom. The highest BCUT2D eigenvalue weighted by Crippen LogP contribution is 2.34. The largest absolute Gasteiger partial charge is 0.355 e. The average Bonchev–Trinajstić information content (AvgIpc) is 3.59. The average molecular weight is 430 g/mol. The van der Waals surface area contributed by atoms with Gasteiger partial charge in [0.15, 0.2) is 0 Å². The molecule has 4 aromatic rings. The second-order valence-electron chi connectivity index (χ2n) is 8.48. The Kier molecular flexibility index (Phi) is 4.37. The van der Waals surface area contributed by atoms with Crippen LogP contribution in [-0.2, 0) is 7.05 Å². The number of rotatable bonds is 1. The first-order valence-corrected chi connectivity index (χ1v) is 11.0. The van der Waals surface area contributed by atoms with E-state index in [9.17, 15) is 0 Å². The van der Waals surface area contributed by atoms with Gasteiger partial charge < -0.3 is 9.55 Å². The summed E-state index contributed by atoms with van der Waals surface area (Å²) in [5.74, 6) is 0. The van der Waals surface area contributed by atoms with Gasteiger partial charge in [0.2, 0.25) is 0 Å².